The molecule has 0 radical (unpaired) electrons. The minimum atomic E-state index is -0.787. The number of thioether (sulfide) groups is 1. The lowest BCUT2D eigenvalue weighted by atomic mass is 9.73. The number of nitro benzene ring substituents is 1. The number of phenolic OH excluding ortho intramolecular Hbond substituents is 1. The van der Waals surface area contributed by atoms with Crippen molar-refractivity contribution in [2.75, 3.05) is 12.4 Å². The number of aromatic nitrogens is 3. The highest BCUT2D eigenvalue weighted by atomic mass is 35.5. The number of carbonyl (C=O) groups excluding carboxylic acids is 1. The molecule has 1 aliphatic heterocycles. The van der Waals surface area contributed by atoms with E-state index in [9.17, 15) is 20.0 Å². The topological polar surface area (TPSA) is 132 Å². The smallest absolute Gasteiger partial charge is 0.315 e. The summed E-state index contributed by atoms with van der Waals surface area (Å²) in [5.74, 6) is 0.231. The second-order valence-electron chi connectivity index (χ2n) is 9.75. The van der Waals surface area contributed by atoms with E-state index in [4.69, 9.17) is 16.3 Å². The van der Waals surface area contributed by atoms with Crippen LogP contribution in [0.5, 0.6) is 11.5 Å². The molecule has 2 aliphatic rings. The summed E-state index contributed by atoms with van der Waals surface area (Å²) in [5.41, 5.74) is 1.71. The summed E-state index contributed by atoms with van der Waals surface area (Å²) in [7, 11) is 1.31. The molecule has 0 amide bonds. The van der Waals surface area contributed by atoms with Gasteiger partial charge < -0.3 is 15.2 Å². The summed E-state index contributed by atoms with van der Waals surface area (Å²) >= 11 is 7.69. The first-order valence-corrected chi connectivity index (χ1v) is 12.9. The average molecular weight is 542 g/mol. The number of halogens is 1. The first kappa shape index (κ1) is 25.1. The predicted molar refractivity (Wildman–Crippen MR) is 139 cm³/mol. The van der Waals surface area contributed by atoms with Crippen LogP contribution in [0.2, 0.25) is 5.02 Å². The fourth-order valence-corrected chi connectivity index (χ4v) is 5.90. The maximum absolute atomic E-state index is 13.4. The lowest BCUT2D eigenvalue weighted by Crippen LogP contribution is -2.36. The van der Waals surface area contributed by atoms with Crippen molar-refractivity contribution >= 4 is 40.8 Å². The average Bonchev–Trinajstić information content (AvgIpc) is 3.24. The molecule has 1 aliphatic carbocycles. The quantitative estimate of drug-likeness (QED) is 0.235. The third kappa shape index (κ3) is 4.64. The van der Waals surface area contributed by atoms with Gasteiger partial charge in [0.15, 0.2) is 11.5 Å². The van der Waals surface area contributed by atoms with Crippen molar-refractivity contribution in [3.8, 4) is 11.5 Å². The lowest BCUT2D eigenvalue weighted by molar-refractivity contribution is -0.386. The largest absolute Gasteiger partial charge is 0.500 e. The first-order valence-electron chi connectivity index (χ1n) is 11.5. The molecule has 0 saturated carbocycles. The van der Waals surface area contributed by atoms with Crippen molar-refractivity contribution in [2.24, 2.45) is 5.41 Å². The Morgan fingerprint density at radius 3 is 2.78 bits per heavy atom. The Bertz CT molecular complexity index is 1470. The summed E-state index contributed by atoms with van der Waals surface area (Å²) in [6.45, 7) is 4.04. The van der Waals surface area contributed by atoms with Gasteiger partial charge in [-0.2, -0.15) is 4.98 Å². The predicted octanol–water partition coefficient (Wildman–Crippen LogP) is 5.50. The number of hydrogen-bond acceptors (Lipinski definition) is 9. The lowest BCUT2D eigenvalue weighted by Gasteiger charge is -2.38. The second-order valence-corrected chi connectivity index (χ2v) is 11.1. The molecule has 0 fully saturated rings. The number of phenols is 1. The number of rotatable bonds is 6. The Labute approximate surface area is 221 Å². The van der Waals surface area contributed by atoms with Crippen LogP contribution in [0, 0.1) is 15.5 Å². The molecule has 192 valence electrons. The molecule has 5 rings (SSSR count). The van der Waals surface area contributed by atoms with E-state index in [0.29, 0.717) is 51.6 Å². The Morgan fingerprint density at radius 1 is 1.32 bits per heavy atom. The van der Waals surface area contributed by atoms with Crippen LogP contribution in [0.4, 0.5) is 11.6 Å². The van der Waals surface area contributed by atoms with Crippen LogP contribution in [0.15, 0.2) is 52.8 Å². The van der Waals surface area contributed by atoms with Crippen molar-refractivity contribution in [1.29, 1.82) is 0 Å². The fraction of sp³-hybridized carbons (Fsp3) is 0.320. The van der Waals surface area contributed by atoms with Crippen LogP contribution in [0.25, 0.3) is 0 Å². The number of anilines is 1. The Balaban J connectivity index is 1.62. The number of nitrogens with one attached hydrogen (secondary N) is 1. The molecule has 2 heterocycles. The highest BCUT2D eigenvalue weighted by Gasteiger charge is 2.42. The maximum atomic E-state index is 13.4. The highest BCUT2D eigenvalue weighted by Crippen LogP contribution is 2.48. The van der Waals surface area contributed by atoms with E-state index >= 15 is 0 Å². The Morgan fingerprint density at radius 2 is 2.08 bits per heavy atom. The van der Waals surface area contributed by atoms with Crippen molar-refractivity contribution in [3.05, 3.63) is 73.9 Å². The summed E-state index contributed by atoms with van der Waals surface area (Å²) in [4.78, 5) is 29.1. The molecule has 3 aromatic rings. The number of ether oxygens (including phenoxy) is 1. The molecule has 2 aromatic carbocycles. The number of ketones is 1. The zero-order valence-corrected chi connectivity index (χ0v) is 21.9. The van der Waals surface area contributed by atoms with Crippen molar-refractivity contribution < 1.29 is 19.6 Å². The van der Waals surface area contributed by atoms with Crippen molar-refractivity contribution in [2.45, 2.75) is 43.6 Å². The molecule has 1 unspecified atom stereocenters. The van der Waals surface area contributed by atoms with Gasteiger partial charge in [0, 0.05) is 34.5 Å². The van der Waals surface area contributed by atoms with Crippen LogP contribution in [-0.2, 0) is 10.5 Å². The Kier molecular flexibility index (Phi) is 6.36. The number of nitrogens with zero attached hydrogens (tertiary/aromatic N) is 4. The van der Waals surface area contributed by atoms with Gasteiger partial charge in [0.05, 0.1) is 12.0 Å². The van der Waals surface area contributed by atoms with E-state index in [1.54, 1.807) is 4.68 Å². The first-order chi connectivity index (χ1) is 17.6. The molecular formula is C25H24ClN5O5S. The molecule has 1 aromatic heterocycles. The van der Waals surface area contributed by atoms with Gasteiger partial charge in [-0.3, -0.25) is 14.9 Å². The monoisotopic (exact) mass is 541 g/mol. The molecule has 1 atom stereocenters. The van der Waals surface area contributed by atoms with Crippen LogP contribution in [0.3, 0.4) is 0 Å². The van der Waals surface area contributed by atoms with E-state index in [-0.39, 0.29) is 16.9 Å². The highest BCUT2D eigenvalue weighted by molar-refractivity contribution is 7.98. The van der Waals surface area contributed by atoms with Crippen LogP contribution in [-0.4, -0.2) is 37.7 Å². The number of methoxy groups -OCH3 is 1. The standard InChI is InChI=1S/C25H24ClN5O5S/c1-25(2)10-16-20(18(32)11-25)21(14-8-17(31(34)35)22(33)19(9-14)36-3)30-23(27-16)28-24(29-30)37-12-13-6-4-5-7-15(13)26/h4-9,21,33H,10-12H2,1-3H3,(H,27,28,29). The third-order valence-corrected chi connectivity index (χ3v) is 7.69. The normalized spacial score (nSPS) is 18.2. The molecule has 12 heteroatoms. The van der Waals surface area contributed by atoms with Gasteiger partial charge in [0.25, 0.3) is 0 Å². The number of hydrogen-bond donors (Lipinski definition) is 2. The van der Waals surface area contributed by atoms with Gasteiger partial charge in [-0.15, -0.1) is 5.10 Å². The molecule has 0 bridgehead atoms. The number of allylic oxidation sites excluding steroid dienone is 2. The maximum Gasteiger partial charge on any atom is 0.315 e. The summed E-state index contributed by atoms with van der Waals surface area (Å²) in [6, 6.07) is 9.47. The Hall–Kier alpha value is -3.57. The van der Waals surface area contributed by atoms with Crippen LogP contribution >= 0.6 is 23.4 Å². The third-order valence-electron chi connectivity index (χ3n) is 6.44. The number of carbonyl (C=O) groups is 1. The minimum absolute atomic E-state index is 0.0662. The molecule has 0 saturated heterocycles. The number of fused-ring (bicyclic) bond motifs is 1. The summed E-state index contributed by atoms with van der Waals surface area (Å²) in [6.07, 6.45) is 0.913. The number of nitro groups is 1. The summed E-state index contributed by atoms with van der Waals surface area (Å²) < 4.78 is 6.79. The second kappa shape index (κ2) is 9.38. The minimum Gasteiger partial charge on any atom is -0.500 e. The van der Waals surface area contributed by atoms with Gasteiger partial charge in [0.2, 0.25) is 16.9 Å². The number of aromatic hydroxyl groups is 1. The van der Waals surface area contributed by atoms with Gasteiger partial charge >= 0.3 is 5.69 Å². The van der Waals surface area contributed by atoms with Crippen molar-refractivity contribution in [1.82, 2.24) is 14.8 Å². The summed E-state index contributed by atoms with van der Waals surface area (Å²) in [5, 5.41) is 31.1. The van der Waals surface area contributed by atoms with E-state index in [0.717, 1.165) is 5.56 Å². The van der Waals surface area contributed by atoms with Gasteiger partial charge in [-0.1, -0.05) is 55.4 Å². The number of benzene rings is 2. The van der Waals surface area contributed by atoms with Gasteiger partial charge in [-0.25, -0.2) is 4.68 Å². The van der Waals surface area contributed by atoms with Crippen molar-refractivity contribution in [3.63, 3.8) is 0 Å². The SMILES string of the molecule is COc1cc(C2C3=C(CC(C)(C)CC3=O)Nc3nc(SCc4ccccc4Cl)nn32)cc([N+](=O)[O-])c1O. The van der Waals surface area contributed by atoms with E-state index in [1.165, 1.54) is 31.0 Å². The molecule has 37 heavy (non-hydrogen) atoms. The zero-order valence-electron chi connectivity index (χ0n) is 20.3. The molecule has 0 spiro atoms. The van der Waals surface area contributed by atoms with Gasteiger partial charge in [0.1, 0.15) is 6.04 Å². The molecular weight excluding hydrogens is 518 g/mol. The number of Topliss-reactive ketones (excluding diaryl/α,β-unsaturated/α-hetero) is 1. The zero-order chi connectivity index (χ0) is 26.5. The molecule has 10 nitrogen and oxygen atoms in total. The van der Waals surface area contributed by atoms with E-state index in [1.807, 2.05) is 38.1 Å². The van der Waals surface area contributed by atoms with Gasteiger partial charge in [-0.05, 0) is 35.1 Å². The van der Waals surface area contributed by atoms with Crippen LogP contribution < -0.4 is 10.1 Å². The van der Waals surface area contributed by atoms with E-state index in [2.05, 4.69) is 15.4 Å². The van der Waals surface area contributed by atoms with E-state index < -0.39 is 22.4 Å². The van der Waals surface area contributed by atoms with Crippen LogP contribution in [0.1, 0.15) is 43.9 Å². The fourth-order valence-electron chi connectivity index (χ4n) is 4.78. The molecule has 2 N–H and O–H groups in total.